The van der Waals surface area contributed by atoms with Crippen LogP contribution in [0.25, 0.3) is 11.0 Å². The van der Waals surface area contributed by atoms with Crippen LogP contribution in [0.5, 0.6) is 0 Å². The molecule has 1 aliphatic carbocycles. The summed E-state index contributed by atoms with van der Waals surface area (Å²) in [6, 6.07) is 6.07. The number of nitrogens with zero attached hydrogens (tertiary/aromatic N) is 5. The summed E-state index contributed by atoms with van der Waals surface area (Å²) in [5, 5.41) is 7.55. The van der Waals surface area contributed by atoms with E-state index in [1.165, 1.54) is 20.0 Å². The Kier molecular flexibility index (Phi) is 6.04. The van der Waals surface area contributed by atoms with E-state index in [2.05, 4.69) is 31.0 Å². The van der Waals surface area contributed by atoms with Crippen molar-refractivity contribution in [2.75, 3.05) is 20.2 Å². The zero-order valence-corrected chi connectivity index (χ0v) is 18.8. The van der Waals surface area contributed by atoms with Crippen molar-refractivity contribution in [3.63, 3.8) is 0 Å². The minimum absolute atomic E-state index is 0.140. The van der Waals surface area contributed by atoms with Crippen LogP contribution in [0.3, 0.4) is 0 Å². The first-order valence-corrected chi connectivity index (χ1v) is 11.5. The molecule has 2 aromatic heterocycles. The SMILES string of the molecule is COC(=O)CCNC(=O)c1nn(CC2CC2)c2c1CN(Cc1cccc3nccnc13)CC2. The highest BCUT2D eigenvalue weighted by molar-refractivity contribution is 5.94. The molecule has 1 amide bonds. The van der Waals surface area contributed by atoms with Gasteiger partial charge in [-0.1, -0.05) is 12.1 Å². The molecule has 1 saturated carbocycles. The number of carbonyl (C=O) groups excluding carboxylic acids is 2. The molecule has 0 saturated heterocycles. The Hall–Kier alpha value is -3.33. The monoisotopic (exact) mass is 448 g/mol. The fourth-order valence-electron chi connectivity index (χ4n) is 4.44. The van der Waals surface area contributed by atoms with E-state index in [-0.39, 0.29) is 24.8 Å². The highest BCUT2D eigenvalue weighted by atomic mass is 16.5. The molecule has 1 fully saturated rings. The average Bonchev–Trinajstić information content (AvgIpc) is 3.59. The molecule has 0 unspecified atom stereocenters. The summed E-state index contributed by atoms with van der Waals surface area (Å²) in [6.45, 7) is 3.37. The third kappa shape index (κ3) is 4.73. The van der Waals surface area contributed by atoms with Gasteiger partial charge < -0.3 is 10.1 Å². The van der Waals surface area contributed by atoms with Crippen LogP contribution in [0.15, 0.2) is 30.6 Å². The third-order valence-electron chi connectivity index (χ3n) is 6.37. The smallest absolute Gasteiger partial charge is 0.307 e. The Balaban J connectivity index is 1.36. The minimum atomic E-state index is -0.346. The molecule has 1 aromatic carbocycles. The lowest BCUT2D eigenvalue weighted by Gasteiger charge is -2.28. The van der Waals surface area contributed by atoms with Gasteiger partial charge in [-0.05, 0) is 30.4 Å². The number of fused-ring (bicyclic) bond motifs is 2. The number of hydrogen-bond donors (Lipinski definition) is 1. The molecule has 9 heteroatoms. The van der Waals surface area contributed by atoms with Crippen molar-refractivity contribution in [3.05, 3.63) is 53.1 Å². The lowest BCUT2D eigenvalue weighted by Crippen LogP contribution is -2.33. The molecule has 5 rings (SSSR count). The Morgan fingerprint density at radius 1 is 1.21 bits per heavy atom. The summed E-state index contributed by atoms with van der Waals surface area (Å²) in [5.74, 6) is 0.0834. The molecule has 3 heterocycles. The van der Waals surface area contributed by atoms with Gasteiger partial charge in [0, 0.05) is 62.8 Å². The van der Waals surface area contributed by atoms with Gasteiger partial charge in [0.2, 0.25) is 0 Å². The fourth-order valence-corrected chi connectivity index (χ4v) is 4.44. The van der Waals surface area contributed by atoms with Crippen molar-refractivity contribution in [1.29, 1.82) is 0 Å². The highest BCUT2D eigenvalue weighted by Gasteiger charge is 2.31. The first-order chi connectivity index (χ1) is 16.1. The van der Waals surface area contributed by atoms with Crippen LogP contribution in [0.1, 0.15) is 46.6 Å². The second-order valence-corrected chi connectivity index (χ2v) is 8.78. The average molecular weight is 449 g/mol. The first kappa shape index (κ1) is 21.5. The predicted octanol–water partition coefficient (Wildman–Crippen LogP) is 2.09. The van der Waals surface area contributed by atoms with Crippen molar-refractivity contribution >= 4 is 22.9 Å². The molecular formula is C24H28N6O3. The largest absolute Gasteiger partial charge is 0.469 e. The molecule has 0 bridgehead atoms. The maximum Gasteiger partial charge on any atom is 0.307 e. The molecule has 1 N–H and O–H groups in total. The summed E-state index contributed by atoms with van der Waals surface area (Å²) in [7, 11) is 1.34. The molecule has 1 aliphatic heterocycles. The number of nitrogens with one attached hydrogen (secondary N) is 1. The van der Waals surface area contributed by atoms with Crippen LogP contribution in [0.4, 0.5) is 0 Å². The van der Waals surface area contributed by atoms with E-state index in [1.807, 2.05) is 16.8 Å². The Morgan fingerprint density at radius 3 is 2.88 bits per heavy atom. The number of hydrogen-bond acceptors (Lipinski definition) is 7. The number of ether oxygens (including phenoxy) is 1. The van der Waals surface area contributed by atoms with E-state index >= 15 is 0 Å². The Bertz CT molecular complexity index is 1180. The van der Waals surface area contributed by atoms with E-state index < -0.39 is 0 Å². The molecule has 3 aromatic rings. The van der Waals surface area contributed by atoms with Crippen molar-refractivity contribution in [2.45, 2.75) is 45.3 Å². The van der Waals surface area contributed by atoms with Crippen LogP contribution in [-0.4, -0.2) is 56.7 Å². The number of aromatic nitrogens is 4. The molecule has 33 heavy (non-hydrogen) atoms. The van der Waals surface area contributed by atoms with Gasteiger partial charge >= 0.3 is 5.97 Å². The summed E-state index contributed by atoms with van der Waals surface area (Å²) in [4.78, 5) is 35.6. The number of carbonyl (C=O) groups is 2. The maximum atomic E-state index is 13.0. The number of rotatable bonds is 8. The van der Waals surface area contributed by atoms with Gasteiger partial charge in [-0.15, -0.1) is 0 Å². The molecule has 0 radical (unpaired) electrons. The standard InChI is InChI=1S/C24H28N6O3/c1-33-21(31)7-9-27-24(32)23-18-15-29(12-8-20(18)30(28-23)13-16-5-6-16)14-17-3-2-4-19-22(17)26-11-10-25-19/h2-4,10-11,16H,5-9,12-15H2,1H3,(H,27,32). The van der Waals surface area contributed by atoms with Crippen LogP contribution in [0, 0.1) is 5.92 Å². The van der Waals surface area contributed by atoms with Crippen molar-refractivity contribution in [3.8, 4) is 0 Å². The van der Waals surface area contributed by atoms with E-state index in [1.54, 1.807) is 12.4 Å². The number of esters is 1. The fraction of sp³-hybridized carbons (Fsp3) is 0.458. The van der Waals surface area contributed by atoms with E-state index in [0.29, 0.717) is 18.2 Å². The lowest BCUT2D eigenvalue weighted by molar-refractivity contribution is -0.140. The van der Waals surface area contributed by atoms with Gasteiger partial charge in [-0.2, -0.15) is 5.10 Å². The van der Waals surface area contributed by atoms with Crippen molar-refractivity contribution in [1.82, 2.24) is 30.0 Å². The number of benzene rings is 1. The van der Waals surface area contributed by atoms with Gasteiger partial charge in [0.05, 0.1) is 24.6 Å². The molecule has 0 atom stereocenters. The molecule has 0 spiro atoms. The van der Waals surface area contributed by atoms with Crippen molar-refractivity contribution < 1.29 is 14.3 Å². The van der Waals surface area contributed by atoms with E-state index in [9.17, 15) is 9.59 Å². The van der Waals surface area contributed by atoms with Crippen LogP contribution in [-0.2, 0) is 35.6 Å². The zero-order valence-electron chi connectivity index (χ0n) is 18.8. The summed E-state index contributed by atoms with van der Waals surface area (Å²) in [6.07, 6.45) is 6.87. The number of methoxy groups -OCH3 is 1. The van der Waals surface area contributed by atoms with E-state index in [0.717, 1.165) is 53.9 Å². The zero-order chi connectivity index (χ0) is 22.8. The van der Waals surface area contributed by atoms with Crippen LogP contribution >= 0.6 is 0 Å². The third-order valence-corrected chi connectivity index (χ3v) is 6.37. The van der Waals surface area contributed by atoms with Crippen LogP contribution in [0.2, 0.25) is 0 Å². The lowest BCUT2D eigenvalue weighted by atomic mass is 10.0. The second-order valence-electron chi connectivity index (χ2n) is 8.78. The van der Waals surface area contributed by atoms with Gasteiger partial charge in [0.15, 0.2) is 5.69 Å². The normalized spacial score (nSPS) is 15.9. The van der Waals surface area contributed by atoms with E-state index in [4.69, 9.17) is 5.10 Å². The topological polar surface area (TPSA) is 102 Å². The summed E-state index contributed by atoms with van der Waals surface area (Å²) >= 11 is 0. The van der Waals surface area contributed by atoms with Gasteiger partial charge in [0.25, 0.3) is 5.91 Å². The second kappa shape index (κ2) is 9.27. The first-order valence-electron chi connectivity index (χ1n) is 11.5. The van der Waals surface area contributed by atoms with Gasteiger partial charge in [-0.3, -0.25) is 29.1 Å². The Labute approximate surface area is 192 Å². The molecule has 2 aliphatic rings. The maximum absolute atomic E-state index is 13.0. The predicted molar refractivity (Wildman–Crippen MR) is 121 cm³/mol. The van der Waals surface area contributed by atoms with Gasteiger partial charge in [-0.25, -0.2) is 0 Å². The van der Waals surface area contributed by atoms with Crippen molar-refractivity contribution in [2.24, 2.45) is 5.92 Å². The van der Waals surface area contributed by atoms with Crippen LogP contribution < -0.4 is 5.32 Å². The quantitative estimate of drug-likeness (QED) is 0.527. The number of amides is 1. The highest BCUT2D eigenvalue weighted by Crippen LogP contribution is 2.33. The molecule has 172 valence electrons. The summed E-state index contributed by atoms with van der Waals surface area (Å²) < 4.78 is 6.70. The number of para-hydroxylation sites is 1. The molecule has 9 nitrogen and oxygen atoms in total. The molecular weight excluding hydrogens is 420 g/mol. The minimum Gasteiger partial charge on any atom is -0.469 e. The van der Waals surface area contributed by atoms with Gasteiger partial charge in [0.1, 0.15) is 0 Å². The Morgan fingerprint density at radius 2 is 2.06 bits per heavy atom. The summed E-state index contributed by atoms with van der Waals surface area (Å²) in [5.41, 5.74) is 5.54.